The third-order valence-corrected chi connectivity index (χ3v) is 20.6. The number of amides is 7. The zero-order chi connectivity index (χ0) is 85.6. The molecular formula is C91H112N12O18. The van der Waals surface area contributed by atoms with E-state index >= 15 is 0 Å². The van der Waals surface area contributed by atoms with Crippen LogP contribution in [-0.2, 0) is 70.2 Å². The van der Waals surface area contributed by atoms with E-state index < -0.39 is 23.9 Å². The number of hydrogen-bond donors (Lipinski definition) is 4. The molecule has 0 bridgehead atoms. The number of aryl methyl sites for hydroxylation is 1. The van der Waals surface area contributed by atoms with Crippen molar-refractivity contribution in [2.45, 2.75) is 131 Å². The van der Waals surface area contributed by atoms with E-state index in [0.29, 0.717) is 183 Å². The van der Waals surface area contributed by atoms with Gasteiger partial charge in [0.1, 0.15) is 29.3 Å². The van der Waals surface area contributed by atoms with Crippen LogP contribution >= 0.6 is 0 Å². The maximum absolute atomic E-state index is 14.0. The summed E-state index contributed by atoms with van der Waals surface area (Å²) in [7, 11) is 3.16. The number of anilines is 2. The Bertz CT molecular complexity index is 4810. The van der Waals surface area contributed by atoms with Gasteiger partial charge in [-0.2, -0.15) is 0 Å². The molecule has 0 fully saturated rings. The van der Waals surface area contributed by atoms with Gasteiger partial charge in [0.05, 0.1) is 166 Å². The first-order valence-electron chi connectivity index (χ1n) is 41.5. The van der Waals surface area contributed by atoms with E-state index in [1.165, 1.54) is 7.11 Å². The van der Waals surface area contributed by atoms with E-state index in [1.54, 1.807) is 66.1 Å². The lowest BCUT2D eigenvalue weighted by Crippen LogP contribution is -2.53. The van der Waals surface area contributed by atoms with Crippen molar-refractivity contribution in [3.63, 3.8) is 0 Å². The van der Waals surface area contributed by atoms with Crippen LogP contribution in [0.5, 0.6) is 23.0 Å². The summed E-state index contributed by atoms with van der Waals surface area (Å²) in [6, 6.07) is 35.7. The number of hydrogen-bond acceptors (Lipinski definition) is 22. The SMILES string of the molecule is CCC(=O)N[C@H](C(=O)N[C@@H](C)C(=O)Nc1ccc(C2=CN3C(=O)c4cc(OC)c(OCCCOc5cc6c(cc5C)C(=O)N5C=C(c7ccc(OC)cc7)C[C@H]5C=N6)cc4N=C[C@@H]3C2)cc1)C(C)C.CCCOCCOCCOCCn1nnc2c1-c1ccccc1N(C(=O)CCC(=O)NCCOCCOCCOCCOCC)Cc1ccccc1-2. The lowest BCUT2D eigenvalue weighted by Gasteiger charge is -2.28. The molecule has 30 nitrogen and oxygen atoms in total. The van der Waals surface area contributed by atoms with Crippen molar-refractivity contribution >= 4 is 87.7 Å². The Morgan fingerprint density at radius 3 is 1.71 bits per heavy atom. The smallest absolute Gasteiger partial charge is 0.260 e. The van der Waals surface area contributed by atoms with E-state index in [2.05, 4.69) is 38.5 Å². The Morgan fingerprint density at radius 1 is 0.545 bits per heavy atom. The Balaban J connectivity index is 0.000000247. The zero-order valence-corrected chi connectivity index (χ0v) is 70.6. The number of carbonyl (C=O) groups is 7. The fourth-order valence-electron chi connectivity index (χ4n) is 14.1. The lowest BCUT2D eigenvalue weighted by atomic mass is 9.95. The lowest BCUT2D eigenvalue weighted by molar-refractivity contribution is -0.131. The van der Waals surface area contributed by atoms with Crippen LogP contribution in [0.4, 0.5) is 22.7 Å². The number of para-hydroxylation sites is 1. The van der Waals surface area contributed by atoms with Gasteiger partial charge in [0.15, 0.2) is 11.5 Å². The topological polar surface area (TPSA) is 334 Å². The van der Waals surface area contributed by atoms with Crippen molar-refractivity contribution in [2.24, 2.45) is 15.9 Å². The van der Waals surface area contributed by atoms with Crippen LogP contribution in [-0.4, -0.2) is 229 Å². The third-order valence-electron chi connectivity index (χ3n) is 20.6. The van der Waals surface area contributed by atoms with Crippen molar-refractivity contribution in [3.05, 3.63) is 167 Å². The van der Waals surface area contributed by atoms with Gasteiger partial charge in [0, 0.05) is 112 Å². The molecule has 0 saturated carbocycles. The van der Waals surface area contributed by atoms with Crippen molar-refractivity contribution in [2.75, 3.05) is 137 Å². The summed E-state index contributed by atoms with van der Waals surface area (Å²) >= 11 is 0. The summed E-state index contributed by atoms with van der Waals surface area (Å²) in [6.45, 7) is 21.9. The van der Waals surface area contributed by atoms with E-state index in [4.69, 9.17) is 62.1 Å². The second kappa shape index (κ2) is 45.8. The van der Waals surface area contributed by atoms with Crippen molar-refractivity contribution in [1.29, 1.82) is 0 Å². The number of rotatable bonds is 44. The predicted molar refractivity (Wildman–Crippen MR) is 460 cm³/mol. The third kappa shape index (κ3) is 24.6. The molecule has 5 aliphatic heterocycles. The first kappa shape index (κ1) is 90.3. The number of aliphatic imine (C=N–C) groups is 2. The summed E-state index contributed by atoms with van der Waals surface area (Å²) in [5, 5.41) is 20.2. The number of nitrogens with one attached hydrogen (secondary N) is 4. The first-order chi connectivity index (χ1) is 58.9. The minimum Gasteiger partial charge on any atom is -0.497 e. The van der Waals surface area contributed by atoms with Crippen molar-refractivity contribution in [1.82, 2.24) is 40.7 Å². The standard InChI is InChI=1S/C53H57N7O9.C38H55N5O9/c1-8-48(61)58-49(30(2)3)51(63)56-32(5)50(62)57-37-14-10-33(11-15-37)35-21-39-27-55-44-25-47(46(67-7)23-42(44)53(65)60(39)28-35)69-19-9-18-68-45-24-43-41(20-31(45)4)52(64)59-29-36(22-38(59)26-54-43)34-12-16-40(66-6)17-13-34;1-3-17-47-22-25-51-27-24-49-19-16-43-38-33-11-7-8-12-34(33)42(30-31-9-5-6-10-32(31)37(38)40-41-43)36(45)14-13-35(44)39-15-18-48-23-26-52-29-28-50-21-20-46-4-2/h10-17,20,23-30,32,38-39,49H,8-9,18-19,21-22H2,1-7H3,(H,56,63)(H,57,62)(H,58,61);5-12H,3-4,13-30H2,1-2H3,(H,39,44)/t32-,38-,39-,49-;/m0./s1. The normalized spacial score (nSPS) is 15.2. The molecule has 644 valence electrons. The molecule has 7 amide bonds. The second-order valence-electron chi connectivity index (χ2n) is 29.6. The van der Waals surface area contributed by atoms with Crippen LogP contribution in [0, 0.1) is 12.8 Å². The largest absolute Gasteiger partial charge is 0.497 e. The van der Waals surface area contributed by atoms with Gasteiger partial charge in [-0.1, -0.05) is 99.6 Å². The van der Waals surface area contributed by atoms with Gasteiger partial charge in [-0.3, -0.25) is 43.5 Å². The number of benzene rings is 6. The van der Waals surface area contributed by atoms with Gasteiger partial charge in [-0.05, 0) is 109 Å². The van der Waals surface area contributed by atoms with E-state index in [1.807, 2.05) is 148 Å². The maximum atomic E-state index is 14.0. The summed E-state index contributed by atoms with van der Waals surface area (Å²) in [5.41, 5.74) is 12.1. The Morgan fingerprint density at radius 2 is 1.11 bits per heavy atom. The first-order valence-corrected chi connectivity index (χ1v) is 41.5. The van der Waals surface area contributed by atoms with E-state index in [-0.39, 0.29) is 66.8 Å². The van der Waals surface area contributed by atoms with Crippen LogP contribution in [0.1, 0.15) is 129 Å². The minimum atomic E-state index is -0.851. The van der Waals surface area contributed by atoms with Crippen LogP contribution in [0.15, 0.2) is 144 Å². The molecule has 7 aromatic rings. The average molecular weight is 1660 g/mol. The predicted octanol–water partition coefficient (Wildman–Crippen LogP) is 11.7. The molecule has 30 heteroatoms. The monoisotopic (exact) mass is 1660 g/mol. The molecular weight excluding hydrogens is 1550 g/mol. The van der Waals surface area contributed by atoms with Crippen LogP contribution < -0.4 is 45.1 Å². The molecule has 12 rings (SSSR count). The quantitative estimate of drug-likeness (QED) is 0.0258. The molecule has 5 aliphatic rings. The Hall–Kier alpha value is -11.5. The summed E-state index contributed by atoms with van der Waals surface area (Å²) in [6.07, 6.45) is 10.4. The number of ether oxygens (including phenoxy) is 11. The number of methoxy groups -OCH3 is 2. The molecule has 4 N–H and O–H groups in total. The van der Waals surface area contributed by atoms with E-state index in [0.717, 1.165) is 80.4 Å². The highest BCUT2D eigenvalue weighted by atomic mass is 16.6. The second-order valence-corrected chi connectivity index (χ2v) is 29.6. The van der Waals surface area contributed by atoms with Gasteiger partial charge in [-0.25, -0.2) is 4.68 Å². The number of aromatic nitrogens is 3. The van der Waals surface area contributed by atoms with Crippen LogP contribution in [0.25, 0.3) is 33.7 Å². The van der Waals surface area contributed by atoms with Gasteiger partial charge in [-0.15, -0.1) is 5.10 Å². The number of fused-ring (bicyclic) bond motifs is 9. The van der Waals surface area contributed by atoms with Crippen molar-refractivity contribution < 1.29 is 85.7 Å². The van der Waals surface area contributed by atoms with Crippen LogP contribution in [0.3, 0.4) is 0 Å². The minimum absolute atomic E-state index is 0.0503. The molecule has 0 unspecified atom stereocenters. The van der Waals surface area contributed by atoms with Crippen molar-refractivity contribution in [3.8, 4) is 45.5 Å². The highest BCUT2D eigenvalue weighted by Crippen LogP contribution is 2.44. The fourth-order valence-corrected chi connectivity index (χ4v) is 14.1. The molecule has 0 saturated heterocycles. The van der Waals surface area contributed by atoms with Gasteiger partial charge in [0.25, 0.3) is 11.8 Å². The van der Waals surface area contributed by atoms with Gasteiger partial charge in [0.2, 0.25) is 29.5 Å². The Labute approximate surface area is 706 Å². The molecule has 4 atom stereocenters. The summed E-state index contributed by atoms with van der Waals surface area (Å²) < 4.78 is 63.7. The van der Waals surface area contributed by atoms with Gasteiger partial charge < -0.3 is 88.1 Å². The molecule has 0 aliphatic carbocycles. The molecule has 121 heavy (non-hydrogen) atoms. The summed E-state index contributed by atoms with van der Waals surface area (Å²) in [5.74, 6) is 0.307. The molecule has 6 aromatic carbocycles. The maximum Gasteiger partial charge on any atom is 0.260 e. The highest BCUT2D eigenvalue weighted by molar-refractivity contribution is 6.07. The number of nitrogens with zero attached hydrogens (tertiary/aromatic N) is 8. The zero-order valence-electron chi connectivity index (χ0n) is 70.6. The van der Waals surface area contributed by atoms with Crippen LogP contribution in [0.2, 0.25) is 0 Å². The molecule has 0 spiro atoms. The average Bonchev–Trinajstić information content (AvgIpc) is 1.69. The molecule has 0 radical (unpaired) electrons. The molecule has 6 heterocycles. The Kier molecular flexibility index (Phi) is 34.1. The number of carbonyl (C=O) groups excluding carboxylic acids is 7. The van der Waals surface area contributed by atoms with E-state index in [9.17, 15) is 33.6 Å². The van der Waals surface area contributed by atoms with Gasteiger partial charge >= 0.3 is 0 Å². The fraction of sp³-hybridized carbons (Fsp3) is 0.440. The molecule has 1 aromatic heterocycles. The summed E-state index contributed by atoms with van der Waals surface area (Å²) in [4.78, 5) is 107. The highest BCUT2D eigenvalue weighted by Gasteiger charge is 2.37.